The van der Waals surface area contributed by atoms with Crippen molar-refractivity contribution in [3.8, 4) is 11.5 Å². The highest BCUT2D eigenvalue weighted by Crippen LogP contribution is 2.34. The van der Waals surface area contributed by atoms with Gasteiger partial charge in [-0.2, -0.15) is 0 Å². The van der Waals surface area contributed by atoms with Crippen molar-refractivity contribution >= 4 is 32.7 Å². The van der Waals surface area contributed by atoms with E-state index >= 15 is 0 Å². The Morgan fingerprint density at radius 3 is 2.71 bits per heavy atom. The molecule has 2 heterocycles. The van der Waals surface area contributed by atoms with Crippen LogP contribution in [0.4, 0.5) is 0 Å². The van der Waals surface area contributed by atoms with E-state index in [1.165, 1.54) is 10.9 Å². The molecule has 0 bridgehead atoms. The van der Waals surface area contributed by atoms with Crippen LogP contribution in [0, 0.1) is 5.92 Å². The molecule has 1 amide bonds. The molecule has 3 aromatic rings. The number of rotatable bonds is 5. The average molecular weight is 486 g/mol. The average Bonchev–Trinajstić information content (AvgIpc) is 2.99. The minimum atomic E-state index is -0.260. The predicted octanol–water partition coefficient (Wildman–Crippen LogP) is 3.83. The summed E-state index contributed by atoms with van der Waals surface area (Å²) in [7, 11) is 0. The van der Waals surface area contributed by atoms with E-state index in [0.29, 0.717) is 29.9 Å². The molecule has 0 spiro atoms. The van der Waals surface area contributed by atoms with Gasteiger partial charge in [0, 0.05) is 10.9 Å². The molecule has 1 N–H and O–H groups in total. The van der Waals surface area contributed by atoms with Crippen molar-refractivity contribution in [3.63, 3.8) is 0 Å². The highest BCUT2D eigenvalue weighted by Gasteiger charge is 2.21. The van der Waals surface area contributed by atoms with E-state index in [1.807, 2.05) is 38.1 Å². The minimum absolute atomic E-state index is 0.109. The molecule has 1 aliphatic rings. The highest BCUT2D eigenvalue weighted by molar-refractivity contribution is 9.10. The first kappa shape index (κ1) is 21.4. The number of nitrogens with zero attached hydrogens (tertiary/aromatic N) is 2. The number of benzene rings is 2. The molecular weight excluding hydrogens is 462 g/mol. The summed E-state index contributed by atoms with van der Waals surface area (Å²) in [6, 6.07) is 10.8. The Labute approximate surface area is 188 Å². The molecule has 0 radical (unpaired) electrons. The predicted molar refractivity (Wildman–Crippen MR) is 121 cm³/mol. The first-order chi connectivity index (χ1) is 14.9. The SMILES string of the molecule is CC(C)[C@@H](NC(=O)Cn1cnc2ccc(Br)cc2c1=O)c1ccc2c(c1)OCCCO2. The maximum Gasteiger partial charge on any atom is 0.261 e. The molecule has 2 aromatic carbocycles. The van der Waals surface area contributed by atoms with Crippen molar-refractivity contribution < 1.29 is 14.3 Å². The van der Waals surface area contributed by atoms with Gasteiger partial charge in [-0.3, -0.25) is 14.2 Å². The first-order valence-corrected chi connectivity index (χ1v) is 11.1. The second-order valence-electron chi connectivity index (χ2n) is 7.88. The zero-order chi connectivity index (χ0) is 22.0. The lowest BCUT2D eigenvalue weighted by atomic mass is 9.95. The Balaban J connectivity index is 1.55. The molecular formula is C23H24BrN3O4. The fourth-order valence-electron chi connectivity index (χ4n) is 3.63. The quantitative estimate of drug-likeness (QED) is 0.593. The van der Waals surface area contributed by atoms with Crippen LogP contribution in [0.1, 0.15) is 31.9 Å². The van der Waals surface area contributed by atoms with Crippen molar-refractivity contribution in [2.75, 3.05) is 13.2 Å². The second kappa shape index (κ2) is 9.09. The third-order valence-corrected chi connectivity index (χ3v) is 5.71. The number of aromatic nitrogens is 2. The van der Waals surface area contributed by atoms with Gasteiger partial charge in [-0.05, 0) is 41.8 Å². The zero-order valence-corrected chi connectivity index (χ0v) is 19.0. The Kier molecular flexibility index (Phi) is 6.27. The fourth-order valence-corrected chi connectivity index (χ4v) is 3.99. The summed E-state index contributed by atoms with van der Waals surface area (Å²) in [4.78, 5) is 29.9. The summed E-state index contributed by atoms with van der Waals surface area (Å²) in [6.45, 7) is 5.19. The van der Waals surface area contributed by atoms with Crippen molar-refractivity contribution in [1.29, 1.82) is 0 Å². The molecule has 1 aliphatic heterocycles. The van der Waals surface area contributed by atoms with Crippen molar-refractivity contribution in [3.05, 3.63) is 63.1 Å². The number of hydrogen-bond donors (Lipinski definition) is 1. The standard InChI is InChI=1S/C23H24BrN3O4/c1-14(2)22(15-4-7-19-20(10-15)31-9-3-8-30-19)26-21(28)12-27-13-25-18-6-5-16(24)11-17(18)23(27)29/h4-7,10-11,13-14,22H,3,8-9,12H2,1-2H3,(H,26,28)/t22-/m1/s1. The maximum absolute atomic E-state index is 12.8. The number of nitrogens with one attached hydrogen (secondary N) is 1. The van der Waals surface area contributed by atoms with E-state index in [1.54, 1.807) is 12.1 Å². The number of carbonyl (C=O) groups is 1. The van der Waals surface area contributed by atoms with Crippen LogP contribution in [0.3, 0.4) is 0 Å². The molecule has 0 unspecified atom stereocenters. The lowest BCUT2D eigenvalue weighted by molar-refractivity contribution is -0.122. The van der Waals surface area contributed by atoms with E-state index in [-0.39, 0.29) is 30.0 Å². The van der Waals surface area contributed by atoms with Gasteiger partial charge in [0.15, 0.2) is 11.5 Å². The first-order valence-electron chi connectivity index (χ1n) is 10.3. The van der Waals surface area contributed by atoms with Gasteiger partial charge < -0.3 is 14.8 Å². The third-order valence-electron chi connectivity index (χ3n) is 5.21. The summed E-state index contributed by atoms with van der Waals surface area (Å²) < 4.78 is 13.6. The number of carbonyl (C=O) groups excluding carboxylic acids is 1. The van der Waals surface area contributed by atoms with E-state index in [4.69, 9.17) is 9.47 Å². The summed E-state index contributed by atoms with van der Waals surface area (Å²) in [6.07, 6.45) is 2.25. The van der Waals surface area contributed by atoms with E-state index in [2.05, 4.69) is 26.2 Å². The third kappa shape index (κ3) is 4.74. The van der Waals surface area contributed by atoms with Crippen LogP contribution in [0.2, 0.25) is 0 Å². The molecule has 7 nitrogen and oxygen atoms in total. The van der Waals surface area contributed by atoms with Gasteiger partial charge in [-0.1, -0.05) is 35.8 Å². The molecule has 1 aromatic heterocycles. The molecule has 8 heteroatoms. The van der Waals surface area contributed by atoms with Gasteiger partial charge in [0.1, 0.15) is 6.54 Å². The second-order valence-corrected chi connectivity index (χ2v) is 8.80. The van der Waals surface area contributed by atoms with Crippen LogP contribution in [-0.2, 0) is 11.3 Å². The van der Waals surface area contributed by atoms with E-state index in [0.717, 1.165) is 22.2 Å². The van der Waals surface area contributed by atoms with Gasteiger partial charge in [-0.25, -0.2) is 4.98 Å². The number of ether oxygens (including phenoxy) is 2. The fraction of sp³-hybridized carbons (Fsp3) is 0.348. The topological polar surface area (TPSA) is 82.5 Å². The molecule has 162 valence electrons. The number of hydrogen-bond acceptors (Lipinski definition) is 5. The molecule has 1 atom stereocenters. The number of fused-ring (bicyclic) bond motifs is 2. The molecule has 4 rings (SSSR count). The lowest BCUT2D eigenvalue weighted by Crippen LogP contribution is -2.36. The number of amides is 1. The summed E-state index contributed by atoms with van der Waals surface area (Å²) in [5.74, 6) is 1.28. The maximum atomic E-state index is 12.8. The smallest absolute Gasteiger partial charge is 0.261 e. The molecule has 0 aliphatic carbocycles. The molecule has 0 saturated carbocycles. The zero-order valence-electron chi connectivity index (χ0n) is 17.4. The van der Waals surface area contributed by atoms with Crippen LogP contribution in [-0.4, -0.2) is 28.7 Å². The Morgan fingerprint density at radius 2 is 1.94 bits per heavy atom. The Morgan fingerprint density at radius 1 is 1.16 bits per heavy atom. The van der Waals surface area contributed by atoms with Crippen molar-refractivity contribution in [2.45, 2.75) is 32.9 Å². The van der Waals surface area contributed by atoms with Gasteiger partial charge in [0.05, 0.1) is 36.5 Å². The van der Waals surface area contributed by atoms with Crippen LogP contribution < -0.4 is 20.3 Å². The van der Waals surface area contributed by atoms with Crippen LogP contribution in [0.5, 0.6) is 11.5 Å². The summed E-state index contributed by atoms with van der Waals surface area (Å²) in [5.41, 5.74) is 1.27. The lowest BCUT2D eigenvalue weighted by Gasteiger charge is -2.24. The molecule has 0 saturated heterocycles. The van der Waals surface area contributed by atoms with Gasteiger partial charge in [0.25, 0.3) is 5.56 Å². The van der Waals surface area contributed by atoms with Crippen LogP contribution in [0.25, 0.3) is 10.9 Å². The molecule has 0 fully saturated rings. The van der Waals surface area contributed by atoms with E-state index in [9.17, 15) is 9.59 Å². The van der Waals surface area contributed by atoms with Crippen molar-refractivity contribution in [1.82, 2.24) is 14.9 Å². The summed E-state index contributed by atoms with van der Waals surface area (Å²) in [5, 5.41) is 3.52. The normalized spacial score (nSPS) is 14.3. The monoisotopic (exact) mass is 485 g/mol. The van der Waals surface area contributed by atoms with Gasteiger partial charge in [-0.15, -0.1) is 0 Å². The highest BCUT2D eigenvalue weighted by atomic mass is 79.9. The minimum Gasteiger partial charge on any atom is -0.490 e. The van der Waals surface area contributed by atoms with Crippen LogP contribution >= 0.6 is 15.9 Å². The largest absolute Gasteiger partial charge is 0.490 e. The Hall–Kier alpha value is -2.87. The van der Waals surface area contributed by atoms with E-state index < -0.39 is 0 Å². The summed E-state index contributed by atoms with van der Waals surface area (Å²) >= 11 is 3.37. The van der Waals surface area contributed by atoms with Crippen LogP contribution in [0.15, 0.2) is 52.0 Å². The van der Waals surface area contributed by atoms with Crippen molar-refractivity contribution in [2.24, 2.45) is 5.92 Å². The van der Waals surface area contributed by atoms with Gasteiger partial charge in [0.2, 0.25) is 5.91 Å². The number of halogens is 1. The van der Waals surface area contributed by atoms with Gasteiger partial charge >= 0.3 is 0 Å². The Bertz CT molecular complexity index is 1180. The molecule has 31 heavy (non-hydrogen) atoms.